The summed E-state index contributed by atoms with van der Waals surface area (Å²) in [5.41, 5.74) is 7.50. The normalized spacial score (nSPS) is 15.2. The quantitative estimate of drug-likeness (QED) is 0.862. The Labute approximate surface area is 112 Å². The summed E-state index contributed by atoms with van der Waals surface area (Å²) in [5.74, 6) is 0.976. The molecule has 0 saturated carbocycles. The number of rotatable bonds is 5. The van der Waals surface area contributed by atoms with Crippen molar-refractivity contribution in [3.05, 3.63) is 29.8 Å². The van der Waals surface area contributed by atoms with E-state index in [9.17, 15) is 0 Å². The molecular formula is C16H27NO. The molecule has 0 saturated heterocycles. The van der Waals surface area contributed by atoms with Gasteiger partial charge in [0.15, 0.2) is 0 Å². The zero-order valence-electron chi connectivity index (χ0n) is 12.4. The van der Waals surface area contributed by atoms with Gasteiger partial charge in [-0.3, -0.25) is 0 Å². The molecular weight excluding hydrogens is 222 g/mol. The van der Waals surface area contributed by atoms with E-state index < -0.39 is 0 Å². The van der Waals surface area contributed by atoms with E-state index in [4.69, 9.17) is 10.5 Å². The van der Waals surface area contributed by atoms with Crippen molar-refractivity contribution in [2.24, 2.45) is 11.1 Å². The van der Waals surface area contributed by atoms with Crippen molar-refractivity contribution < 1.29 is 4.74 Å². The maximum Gasteiger partial charge on any atom is 0.123 e. The van der Waals surface area contributed by atoms with Gasteiger partial charge in [-0.05, 0) is 24.5 Å². The van der Waals surface area contributed by atoms with Crippen molar-refractivity contribution in [3.63, 3.8) is 0 Å². The van der Waals surface area contributed by atoms with Crippen LogP contribution in [-0.2, 0) is 6.42 Å². The molecule has 0 aliphatic carbocycles. The molecule has 18 heavy (non-hydrogen) atoms. The van der Waals surface area contributed by atoms with Gasteiger partial charge < -0.3 is 10.5 Å². The second-order valence-electron chi connectivity index (χ2n) is 5.94. The van der Waals surface area contributed by atoms with Crippen LogP contribution in [0.15, 0.2) is 24.3 Å². The lowest BCUT2D eigenvalue weighted by molar-refractivity contribution is 0.0613. The minimum Gasteiger partial charge on any atom is -0.488 e. The third-order valence-electron chi connectivity index (χ3n) is 3.32. The van der Waals surface area contributed by atoms with Gasteiger partial charge in [-0.25, -0.2) is 0 Å². The number of para-hydroxylation sites is 1. The van der Waals surface area contributed by atoms with E-state index in [0.717, 1.165) is 18.6 Å². The van der Waals surface area contributed by atoms with Gasteiger partial charge in [-0.15, -0.1) is 0 Å². The molecule has 1 aromatic carbocycles. The van der Waals surface area contributed by atoms with Crippen molar-refractivity contribution in [2.45, 2.75) is 59.6 Å². The lowest BCUT2D eigenvalue weighted by Gasteiger charge is -2.35. The summed E-state index contributed by atoms with van der Waals surface area (Å²) in [5, 5.41) is 0. The molecule has 102 valence electrons. The smallest absolute Gasteiger partial charge is 0.123 e. The van der Waals surface area contributed by atoms with Crippen LogP contribution in [0.3, 0.4) is 0 Å². The van der Waals surface area contributed by atoms with Crippen molar-refractivity contribution in [2.75, 3.05) is 0 Å². The Bertz CT molecular complexity index is 368. The first-order valence-electron chi connectivity index (χ1n) is 6.90. The van der Waals surface area contributed by atoms with E-state index in [2.05, 4.69) is 46.8 Å². The van der Waals surface area contributed by atoms with Crippen LogP contribution in [0.25, 0.3) is 0 Å². The molecule has 0 spiro atoms. The highest BCUT2D eigenvalue weighted by Gasteiger charge is 2.31. The summed E-state index contributed by atoms with van der Waals surface area (Å²) in [4.78, 5) is 0. The van der Waals surface area contributed by atoms with Gasteiger partial charge >= 0.3 is 0 Å². The molecule has 0 heterocycles. The largest absolute Gasteiger partial charge is 0.488 e. The predicted octanol–water partition coefficient (Wildman–Crippen LogP) is 3.78. The highest BCUT2D eigenvalue weighted by atomic mass is 16.5. The summed E-state index contributed by atoms with van der Waals surface area (Å²) in [6, 6.07) is 8.30. The summed E-state index contributed by atoms with van der Waals surface area (Å²) >= 11 is 0. The zero-order valence-corrected chi connectivity index (χ0v) is 12.4. The molecule has 0 aromatic heterocycles. The molecule has 0 aliphatic rings. The first-order chi connectivity index (χ1) is 8.40. The van der Waals surface area contributed by atoms with Crippen LogP contribution >= 0.6 is 0 Å². The summed E-state index contributed by atoms with van der Waals surface area (Å²) in [7, 11) is 0. The Kier molecular flexibility index (Phi) is 5.21. The molecule has 0 amide bonds. The summed E-state index contributed by atoms with van der Waals surface area (Å²) < 4.78 is 6.23. The Balaban J connectivity index is 2.96. The van der Waals surface area contributed by atoms with Crippen LogP contribution in [0.2, 0.25) is 0 Å². The van der Waals surface area contributed by atoms with E-state index in [0.29, 0.717) is 0 Å². The van der Waals surface area contributed by atoms with E-state index in [1.54, 1.807) is 0 Å². The highest BCUT2D eigenvalue weighted by Crippen LogP contribution is 2.29. The first kappa shape index (κ1) is 15.0. The average Bonchev–Trinajstić information content (AvgIpc) is 2.34. The predicted molar refractivity (Wildman–Crippen MR) is 78.0 cm³/mol. The van der Waals surface area contributed by atoms with Crippen LogP contribution in [0, 0.1) is 5.41 Å². The monoisotopic (exact) mass is 249 g/mol. The van der Waals surface area contributed by atoms with Crippen LogP contribution in [-0.4, -0.2) is 12.1 Å². The third-order valence-corrected chi connectivity index (χ3v) is 3.32. The molecule has 1 aromatic rings. The number of hydrogen-bond acceptors (Lipinski definition) is 2. The van der Waals surface area contributed by atoms with Crippen LogP contribution < -0.4 is 10.5 Å². The highest BCUT2D eigenvalue weighted by molar-refractivity contribution is 5.33. The van der Waals surface area contributed by atoms with E-state index in [1.165, 1.54) is 5.56 Å². The van der Waals surface area contributed by atoms with Crippen molar-refractivity contribution in [3.8, 4) is 5.75 Å². The van der Waals surface area contributed by atoms with Gasteiger partial charge in [0.1, 0.15) is 11.9 Å². The van der Waals surface area contributed by atoms with E-state index in [-0.39, 0.29) is 17.6 Å². The third kappa shape index (κ3) is 3.74. The molecule has 0 fully saturated rings. The Morgan fingerprint density at radius 1 is 1.17 bits per heavy atom. The number of hydrogen-bond donors (Lipinski definition) is 1. The fraction of sp³-hybridized carbons (Fsp3) is 0.625. The number of aryl methyl sites for hydroxylation is 1. The van der Waals surface area contributed by atoms with Crippen molar-refractivity contribution in [1.82, 2.24) is 0 Å². The molecule has 2 N–H and O–H groups in total. The summed E-state index contributed by atoms with van der Waals surface area (Å²) in [6.07, 6.45) is 1.94. The van der Waals surface area contributed by atoms with Crippen LogP contribution in [0.5, 0.6) is 5.75 Å². The van der Waals surface area contributed by atoms with Crippen molar-refractivity contribution in [1.29, 1.82) is 0 Å². The SMILES string of the molecule is CCc1ccccc1OC(C(N)CC)C(C)(C)C. The molecule has 0 aliphatic heterocycles. The maximum atomic E-state index is 6.23. The zero-order chi connectivity index (χ0) is 13.8. The van der Waals surface area contributed by atoms with Gasteiger partial charge in [0.25, 0.3) is 0 Å². The fourth-order valence-electron chi connectivity index (χ4n) is 2.17. The van der Waals surface area contributed by atoms with Gasteiger partial charge in [0, 0.05) is 11.5 Å². The molecule has 2 heteroatoms. The topological polar surface area (TPSA) is 35.2 Å². The second kappa shape index (κ2) is 6.24. The number of benzene rings is 1. The lowest BCUT2D eigenvalue weighted by Crippen LogP contribution is -2.47. The van der Waals surface area contributed by atoms with Crippen LogP contribution in [0.4, 0.5) is 0 Å². The molecule has 2 unspecified atom stereocenters. The summed E-state index contributed by atoms with van der Waals surface area (Å²) in [6.45, 7) is 10.8. The molecule has 2 nitrogen and oxygen atoms in total. The van der Waals surface area contributed by atoms with Gasteiger partial charge in [-0.2, -0.15) is 0 Å². The van der Waals surface area contributed by atoms with E-state index >= 15 is 0 Å². The first-order valence-corrected chi connectivity index (χ1v) is 6.90. The molecule has 2 atom stereocenters. The number of nitrogens with two attached hydrogens (primary N) is 1. The molecule has 0 bridgehead atoms. The Hall–Kier alpha value is -1.02. The number of ether oxygens (including phenoxy) is 1. The minimum absolute atomic E-state index is 0.0372. The van der Waals surface area contributed by atoms with Gasteiger partial charge in [0.2, 0.25) is 0 Å². The standard InChI is InChI=1S/C16H27NO/c1-6-12-10-8-9-11-14(12)18-15(13(17)7-2)16(3,4)5/h8-11,13,15H,6-7,17H2,1-5H3. The Morgan fingerprint density at radius 2 is 1.78 bits per heavy atom. The fourth-order valence-corrected chi connectivity index (χ4v) is 2.17. The van der Waals surface area contributed by atoms with Gasteiger partial charge in [0.05, 0.1) is 0 Å². The second-order valence-corrected chi connectivity index (χ2v) is 5.94. The Morgan fingerprint density at radius 3 is 2.28 bits per heavy atom. The van der Waals surface area contributed by atoms with Crippen LogP contribution in [0.1, 0.15) is 46.6 Å². The molecule has 1 rings (SSSR count). The average molecular weight is 249 g/mol. The van der Waals surface area contributed by atoms with Gasteiger partial charge in [-0.1, -0.05) is 52.8 Å². The minimum atomic E-state index is 0.0372. The lowest BCUT2D eigenvalue weighted by atomic mass is 9.84. The molecule has 0 radical (unpaired) electrons. The maximum absolute atomic E-state index is 6.23. The van der Waals surface area contributed by atoms with E-state index in [1.807, 2.05) is 12.1 Å². The van der Waals surface area contributed by atoms with Crippen molar-refractivity contribution >= 4 is 0 Å².